The van der Waals surface area contributed by atoms with Crippen molar-refractivity contribution in [1.82, 2.24) is 0 Å². The van der Waals surface area contributed by atoms with Gasteiger partial charge in [-0.05, 0) is 12.1 Å². The predicted molar refractivity (Wildman–Crippen MR) is 50.9 cm³/mol. The van der Waals surface area contributed by atoms with E-state index in [1.54, 1.807) is 24.3 Å². The second-order valence-electron chi connectivity index (χ2n) is 2.08. The maximum Gasteiger partial charge on any atom is 2.00 e. The number of methoxy groups -OCH3 is 1. The second-order valence-corrected chi connectivity index (χ2v) is 2.90. The van der Waals surface area contributed by atoms with Crippen LogP contribution in [0.5, 0.6) is 11.5 Å². The molecule has 1 aromatic carbocycles. The molecule has 1 rings (SSSR count). The summed E-state index contributed by atoms with van der Waals surface area (Å²) < 4.78 is 38.9. The summed E-state index contributed by atoms with van der Waals surface area (Å²) in [7, 11) is -3.64. The minimum Gasteiger partial charge on any atom is -0.759 e. The van der Waals surface area contributed by atoms with Gasteiger partial charge in [0.15, 0.2) is 11.5 Å². The topological polar surface area (TPSA) is 110 Å². The monoisotopic (exact) mass is 244 g/mol. The van der Waals surface area contributed by atoms with Gasteiger partial charge in [0.1, 0.15) is 0 Å². The van der Waals surface area contributed by atoms with Crippen molar-refractivity contribution in [3.8, 4) is 11.5 Å². The average Bonchev–Trinajstić information content (AvgIpc) is 2.02. The first-order valence-corrected chi connectivity index (χ1v) is 4.66. The van der Waals surface area contributed by atoms with Gasteiger partial charge in [0, 0.05) is 10.4 Å². The minimum atomic E-state index is -5.17. The van der Waals surface area contributed by atoms with E-state index in [9.17, 15) is 0 Å². The van der Waals surface area contributed by atoms with E-state index in [1.807, 2.05) is 0 Å². The normalized spacial score (nSPS) is 9.27. The van der Waals surface area contributed by atoms with Crippen LogP contribution in [0.2, 0.25) is 0 Å². The van der Waals surface area contributed by atoms with Gasteiger partial charge in [-0.25, -0.2) is 0 Å². The fourth-order valence-electron chi connectivity index (χ4n) is 0.630. The molecule has 80 valence electrons. The Hall–Kier alpha value is -0.544. The largest absolute Gasteiger partial charge is 2.00 e. The van der Waals surface area contributed by atoms with E-state index in [0.29, 0.717) is 5.75 Å². The molecule has 8 heteroatoms. The van der Waals surface area contributed by atoms with E-state index >= 15 is 0 Å². The van der Waals surface area contributed by atoms with Crippen LogP contribution in [0.1, 0.15) is 0 Å². The molecule has 0 fully saturated rings. The predicted octanol–water partition coefficient (Wildman–Crippen LogP) is -0.318. The number of phenols is 1. The van der Waals surface area contributed by atoms with E-state index in [0.717, 1.165) is 0 Å². The smallest absolute Gasteiger partial charge is 0.759 e. The Labute approximate surface area is 104 Å². The summed E-state index contributed by atoms with van der Waals surface area (Å²) in [6, 6.07) is 6.84. The Morgan fingerprint density at radius 2 is 1.67 bits per heavy atom. The quantitative estimate of drug-likeness (QED) is 0.412. The van der Waals surface area contributed by atoms with Crippen molar-refractivity contribution in [3.63, 3.8) is 0 Å². The number of para-hydroxylation sites is 2. The molecule has 0 atom stereocenters. The van der Waals surface area contributed by atoms with Crippen molar-refractivity contribution in [2.24, 2.45) is 0 Å². The minimum absolute atomic E-state index is 0. The molecule has 15 heavy (non-hydrogen) atoms. The van der Waals surface area contributed by atoms with Crippen molar-refractivity contribution in [2.75, 3.05) is 7.11 Å². The molecule has 1 N–H and O–H groups in total. The first-order valence-electron chi connectivity index (χ1n) is 3.33. The van der Waals surface area contributed by atoms with Gasteiger partial charge in [-0.2, -0.15) is 0 Å². The number of rotatable bonds is 1. The summed E-state index contributed by atoms with van der Waals surface area (Å²) in [4.78, 5) is 0. The van der Waals surface area contributed by atoms with Crippen molar-refractivity contribution in [1.29, 1.82) is 0 Å². The molecule has 0 aliphatic carbocycles. The van der Waals surface area contributed by atoms with Crippen LogP contribution in [-0.4, -0.2) is 52.8 Å². The van der Waals surface area contributed by atoms with Crippen LogP contribution < -0.4 is 4.74 Å². The zero-order chi connectivity index (χ0) is 11.2. The van der Waals surface area contributed by atoms with Gasteiger partial charge < -0.3 is 18.9 Å². The summed E-state index contributed by atoms with van der Waals surface area (Å²) >= 11 is 0. The maximum absolute atomic E-state index is 8.99. The molecule has 0 heterocycles. The second kappa shape index (κ2) is 7.71. The number of hydrogen-bond donors (Lipinski definition) is 1. The summed E-state index contributed by atoms with van der Waals surface area (Å²) in [5, 5.41) is 8.99. The molecular formula is C7H8MgO6S. The number of benzene rings is 1. The van der Waals surface area contributed by atoms with Gasteiger partial charge >= 0.3 is 23.1 Å². The average molecular weight is 245 g/mol. The standard InChI is InChI=1S/C7H8O2.Mg.H2O4S/c1-9-7-5-3-2-4-6(7)8;;1-5(2,3)4/h2-5,8H,1H3;;(H2,1,2,3,4)/q;+2;/p-2. The van der Waals surface area contributed by atoms with Crippen LogP contribution in [-0.2, 0) is 10.4 Å². The van der Waals surface area contributed by atoms with Crippen molar-refractivity contribution >= 4 is 33.5 Å². The van der Waals surface area contributed by atoms with E-state index in [1.165, 1.54) is 7.11 Å². The van der Waals surface area contributed by atoms with Crippen molar-refractivity contribution in [3.05, 3.63) is 24.3 Å². The summed E-state index contributed by atoms with van der Waals surface area (Å²) in [5.74, 6) is 0.692. The molecule has 1 aromatic rings. The maximum atomic E-state index is 8.99. The Balaban J connectivity index is 0. The first kappa shape index (κ1) is 16.9. The van der Waals surface area contributed by atoms with Crippen molar-refractivity contribution in [2.45, 2.75) is 0 Å². The molecule has 0 unspecified atom stereocenters. The summed E-state index contributed by atoms with van der Waals surface area (Å²) in [5.41, 5.74) is 0. The Kier molecular flexibility index (Phi) is 8.67. The van der Waals surface area contributed by atoms with Gasteiger partial charge in [0.2, 0.25) is 0 Å². The molecule has 0 amide bonds. The zero-order valence-corrected chi connectivity index (χ0v) is 10.1. The van der Waals surface area contributed by atoms with Gasteiger partial charge in [-0.3, -0.25) is 8.42 Å². The van der Waals surface area contributed by atoms with E-state index in [4.69, 9.17) is 27.4 Å². The van der Waals surface area contributed by atoms with Crippen LogP contribution in [0.3, 0.4) is 0 Å². The molecule has 0 spiro atoms. The molecule has 0 saturated carbocycles. The zero-order valence-electron chi connectivity index (χ0n) is 7.91. The number of ether oxygens (including phenoxy) is 1. The van der Waals surface area contributed by atoms with E-state index < -0.39 is 10.4 Å². The van der Waals surface area contributed by atoms with Crippen LogP contribution in [0.25, 0.3) is 0 Å². The van der Waals surface area contributed by atoms with Crippen LogP contribution in [0, 0.1) is 0 Å². The Morgan fingerprint density at radius 3 is 1.93 bits per heavy atom. The fraction of sp³-hybridized carbons (Fsp3) is 0.143. The third-order valence-electron chi connectivity index (χ3n) is 1.09. The molecular weight excluding hydrogens is 236 g/mol. The Bertz CT molecular complexity index is 369. The summed E-state index contributed by atoms with van der Waals surface area (Å²) in [6.07, 6.45) is 0. The molecule has 0 aliphatic heterocycles. The van der Waals surface area contributed by atoms with Crippen molar-refractivity contribution < 1.29 is 27.4 Å². The number of hydrogen-bond acceptors (Lipinski definition) is 6. The number of phenolic OH excluding ortho intramolecular Hbond substituents is 1. The third kappa shape index (κ3) is 11.4. The molecule has 0 radical (unpaired) electrons. The molecule has 0 saturated heterocycles. The molecule has 0 bridgehead atoms. The van der Waals surface area contributed by atoms with Gasteiger partial charge in [0.05, 0.1) is 7.11 Å². The number of aromatic hydroxyl groups is 1. The van der Waals surface area contributed by atoms with Gasteiger partial charge in [-0.15, -0.1) is 0 Å². The SMILES string of the molecule is COc1ccccc1O.O=S(=O)([O-])[O-].[Mg+2]. The third-order valence-corrected chi connectivity index (χ3v) is 1.09. The molecule has 6 nitrogen and oxygen atoms in total. The van der Waals surface area contributed by atoms with Gasteiger partial charge in [0.25, 0.3) is 0 Å². The van der Waals surface area contributed by atoms with Crippen LogP contribution in [0.4, 0.5) is 0 Å². The molecule has 0 aromatic heterocycles. The van der Waals surface area contributed by atoms with Crippen LogP contribution in [0.15, 0.2) is 24.3 Å². The Morgan fingerprint density at radius 1 is 1.27 bits per heavy atom. The fourth-order valence-corrected chi connectivity index (χ4v) is 0.630. The summed E-state index contributed by atoms with van der Waals surface area (Å²) in [6.45, 7) is 0. The first-order chi connectivity index (χ1) is 6.34. The van der Waals surface area contributed by atoms with E-state index in [2.05, 4.69) is 0 Å². The van der Waals surface area contributed by atoms with Gasteiger partial charge in [-0.1, -0.05) is 12.1 Å². The van der Waals surface area contributed by atoms with E-state index in [-0.39, 0.29) is 28.8 Å². The molecule has 0 aliphatic rings. The van der Waals surface area contributed by atoms with Crippen LogP contribution >= 0.6 is 0 Å².